The molecule has 3 aromatic rings. The molecule has 26 heavy (non-hydrogen) atoms. The minimum absolute atomic E-state index is 0.0228. The highest BCUT2D eigenvalue weighted by Gasteiger charge is 2.15. The molecule has 0 spiro atoms. The first-order valence-electron chi connectivity index (χ1n) is 7.81. The second-order valence-corrected chi connectivity index (χ2v) is 7.41. The Morgan fingerprint density at radius 1 is 0.923 bits per heavy atom. The first-order valence-corrected chi connectivity index (χ1v) is 9.47. The molecule has 0 atom stereocenters. The van der Waals surface area contributed by atoms with Gasteiger partial charge in [-0.3, -0.25) is 4.79 Å². The van der Waals surface area contributed by atoms with Crippen LogP contribution in [-0.4, -0.2) is 29.1 Å². The van der Waals surface area contributed by atoms with Crippen LogP contribution in [0.2, 0.25) is 0 Å². The van der Waals surface area contributed by atoms with Gasteiger partial charge in [0.25, 0.3) is 6.47 Å². The van der Waals surface area contributed by atoms with Crippen molar-refractivity contribution in [3.8, 4) is 5.75 Å². The summed E-state index contributed by atoms with van der Waals surface area (Å²) in [4.78, 5) is 9.29. The molecule has 3 rings (SSSR count). The quantitative estimate of drug-likeness (QED) is 0.640. The van der Waals surface area contributed by atoms with Crippen LogP contribution in [0.4, 0.5) is 0 Å². The van der Waals surface area contributed by atoms with E-state index in [0.717, 1.165) is 22.1 Å². The summed E-state index contributed by atoms with van der Waals surface area (Å²) in [6.07, 6.45) is 0. The fourth-order valence-corrected chi connectivity index (χ4v) is 3.85. The maximum atomic E-state index is 12.5. The van der Waals surface area contributed by atoms with Gasteiger partial charge in [-0.2, -0.15) is 0 Å². The maximum absolute atomic E-state index is 12.5. The van der Waals surface area contributed by atoms with Crippen molar-refractivity contribution in [1.82, 2.24) is 0 Å². The van der Waals surface area contributed by atoms with E-state index in [4.69, 9.17) is 9.53 Å². The molecular weight excluding hydrogens is 352 g/mol. The molecule has 0 aliphatic heterocycles. The monoisotopic (exact) mass is 372 g/mol. The van der Waals surface area contributed by atoms with Gasteiger partial charge in [0.1, 0.15) is 5.75 Å². The third-order valence-corrected chi connectivity index (χ3v) is 5.39. The molecule has 0 N–H and O–H groups in total. The Labute approximate surface area is 153 Å². The summed E-state index contributed by atoms with van der Waals surface area (Å²) in [5, 5.41) is 1.95. The van der Waals surface area contributed by atoms with E-state index in [0.29, 0.717) is 11.4 Å². The number of methoxy groups -OCH3 is 2. The molecule has 5 nitrogen and oxygen atoms in total. The van der Waals surface area contributed by atoms with E-state index in [9.17, 15) is 8.42 Å². The van der Waals surface area contributed by atoms with Gasteiger partial charge >= 0.3 is 0 Å². The molecule has 0 saturated heterocycles. The van der Waals surface area contributed by atoms with Crippen LogP contribution in [0.3, 0.4) is 0 Å². The Hall–Kier alpha value is -2.86. The van der Waals surface area contributed by atoms with Crippen molar-refractivity contribution in [2.45, 2.75) is 10.6 Å². The maximum Gasteiger partial charge on any atom is 0.292 e. The van der Waals surface area contributed by atoms with Crippen LogP contribution in [0.1, 0.15) is 5.56 Å². The SMILES string of the molecule is COC=O.COc1cccc2ccc(CS(=O)(=O)c3ccccc3)cc12. The van der Waals surface area contributed by atoms with E-state index in [-0.39, 0.29) is 5.75 Å². The van der Waals surface area contributed by atoms with Gasteiger partial charge in [0.15, 0.2) is 9.84 Å². The number of hydrogen-bond acceptors (Lipinski definition) is 5. The third-order valence-electron chi connectivity index (χ3n) is 3.68. The van der Waals surface area contributed by atoms with Gasteiger partial charge in [-0.25, -0.2) is 8.42 Å². The molecule has 0 aliphatic carbocycles. The van der Waals surface area contributed by atoms with Crippen molar-refractivity contribution in [1.29, 1.82) is 0 Å². The Balaban J connectivity index is 0.000000552. The minimum Gasteiger partial charge on any atom is -0.496 e. The highest BCUT2D eigenvalue weighted by atomic mass is 32.2. The number of carbonyl (C=O) groups is 1. The second-order valence-electron chi connectivity index (χ2n) is 5.42. The zero-order valence-electron chi connectivity index (χ0n) is 14.6. The van der Waals surface area contributed by atoms with Crippen molar-refractivity contribution < 1.29 is 22.7 Å². The Morgan fingerprint density at radius 3 is 2.23 bits per heavy atom. The molecular formula is C20H20O5S. The lowest BCUT2D eigenvalue weighted by atomic mass is 10.1. The molecule has 6 heteroatoms. The van der Waals surface area contributed by atoms with Gasteiger partial charge in [0.2, 0.25) is 0 Å². The first kappa shape index (κ1) is 19.5. The Bertz CT molecular complexity index is 966. The number of fused-ring (bicyclic) bond motifs is 1. The number of hydrogen-bond donors (Lipinski definition) is 0. The summed E-state index contributed by atoms with van der Waals surface area (Å²) in [5.74, 6) is 0.724. The van der Waals surface area contributed by atoms with Crippen LogP contribution in [0.15, 0.2) is 71.6 Å². The normalized spacial score (nSPS) is 10.5. The standard InChI is InChI=1S/C18H16O3S.C2H4O2/c1-21-18-9-5-6-15-11-10-14(12-17(15)18)13-22(19,20)16-7-3-2-4-8-16;1-4-2-3/h2-12H,13H2,1H3;2H,1H3. The van der Waals surface area contributed by atoms with E-state index in [2.05, 4.69) is 4.74 Å². The third kappa shape index (κ3) is 4.83. The van der Waals surface area contributed by atoms with Crippen LogP contribution in [0.25, 0.3) is 10.8 Å². The molecule has 0 unspecified atom stereocenters. The highest BCUT2D eigenvalue weighted by molar-refractivity contribution is 7.90. The average Bonchev–Trinajstić information content (AvgIpc) is 2.68. The minimum atomic E-state index is -3.34. The number of rotatable bonds is 5. The van der Waals surface area contributed by atoms with Crippen molar-refractivity contribution in [2.75, 3.05) is 14.2 Å². The van der Waals surface area contributed by atoms with E-state index >= 15 is 0 Å². The summed E-state index contributed by atoms with van der Waals surface area (Å²) < 4.78 is 34.1. The fraction of sp³-hybridized carbons (Fsp3) is 0.150. The van der Waals surface area contributed by atoms with Gasteiger partial charge in [-0.15, -0.1) is 0 Å². The van der Waals surface area contributed by atoms with E-state index in [1.54, 1.807) is 37.4 Å². The van der Waals surface area contributed by atoms with Gasteiger partial charge in [0.05, 0.1) is 24.9 Å². The van der Waals surface area contributed by atoms with Crippen LogP contribution >= 0.6 is 0 Å². The van der Waals surface area contributed by atoms with Crippen molar-refractivity contribution in [2.24, 2.45) is 0 Å². The van der Waals surface area contributed by atoms with Crippen molar-refractivity contribution in [3.05, 3.63) is 72.3 Å². The van der Waals surface area contributed by atoms with E-state index in [1.165, 1.54) is 7.11 Å². The van der Waals surface area contributed by atoms with Crippen molar-refractivity contribution >= 4 is 27.1 Å². The summed E-state index contributed by atoms with van der Waals surface area (Å²) in [6, 6.07) is 19.9. The fourth-order valence-electron chi connectivity index (χ4n) is 2.49. The predicted octanol–water partition coefficient (Wildman–Crippen LogP) is 3.61. The highest BCUT2D eigenvalue weighted by Crippen LogP contribution is 2.27. The zero-order chi connectivity index (χ0) is 19.0. The van der Waals surface area contributed by atoms with Crippen LogP contribution in [0, 0.1) is 0 Å². The smallest absolute Gasteiger partial charge is 0.292 e. The lowest BCUT2D eigenvalue weighted by molar-refractivity contribution is -0.126. The summed E-state index contributed by atoms with van der Waals surface area (Å²) >= 11 is 0. The molecule has 3 aromatic carbocycles. The molecule has 0 radical (unpaired) electrons. The van der Waals surface area contributed by atoms with Gasteiger partial charge in [0, 0.05) is 5.39 Å². The number of ether oxygens (including phenoxy) is 2. The molecule has 0 aliphatic rings. The molecule has 0 heterocycles. The number of benzene rings is 3. The average molecular weight is 372 g/mol. The van der Waals surface area contributed by atoms with Crippen molar-refractivity contribution in [3.63, 3.8) is 0 Å². The van der Waals surface area contributed by atoms with Crippen LogP contribution < -0.4 is 4.74 Å². The van der Waals surface area contributed by atoms with E-state index in [1.807, 2.05) is 36.4 Å². The molecule has 0 amide bonds. The Kier molecular flexibility index (Phi) is 6.74. The lowest BCUT2D eigenvalue weighted by Crippen LogP contribution is -2.04. The molecule has 0 saturated carbocycles. The van der Waals surface area contributed by atoms with Gasteiger partial charge < -0.3 is 9.47 Å². The van der Waals surface area contributed by atoms with Crippen LogP contribution in [0.5, 0.6) is 5.75 Å². The van der Waals surface area contributed by atoms with Gasteiger partial charge in [-0.05, 0) is 35.2 Å². The number of carbonyl (C=O) groups excluding carboxylic acids is 1. The van der Waals surface area contributed by atoms with Gasteiger partial charge in [-0.1, -0.05) is 42.5 Å². The lowest BCUT2D eigenvalue weighted by Gasteiger charge is -2.08. The largest absolute Gasteiger partial charge is 0.496 e. The molecule has 0 bridgehead atoms. The van der Waals surface area contributed by atoms with Crippen LogP contribution in [-0.2, 0) is 25.1 Å². The summed E-state index contributed by atoms with van der Waals surface area (Å²) in [7, 11) is -0.417. The summed E-state index contributed by atoms with van der Waals surface area (Å²) in [6.45, 7) is 0.375. The summed E-state index contributed by atoms with van der Waals surface area (Å²) in [5.41, 5.74) is 0.751. The Morgan fingerprint density at radius 2 is 1.62 bits per heavy atom. The molecule has 136 valence electrons. The first-order chi connectivity index (χ1) is 12.5. The zero-order valence-corrected chi connectivity index (χ0v) is 15.4. The predicted molar refractivity (Wildman–Crippen MR) is 101 cm³/mol. The van der Waals surface area contributed by atoms with E-state index < -0.39 is 9.84 Å². The topological polar surface area (TPSA) is 69.7 Å². The molecule has 0 fully saturated rings. The second kappa shape index (κ2) is 9.01. The molecule has 0 aromatic heterocycles. The number of sulfone groups is 1.